The normalized spacial score (nSPS) is 12.5. The van der Waals surface area contributed by atoms with Gasteiger partial charge in [-0.2, -0.15) is 0 Å². The Hall–Kier alpha value is -7.23. The molecule has 0 saturated carbocycles. The summed E-state index contributed by atoms with van der Waals surface area (Å²) in [6.45, 7) is 2.55. The van der Waals surface area contributed by atoms with E-state index in [4.69, 9.17) is 23.7 Å². The van der Waals surface area contributed by atoms with E-state index in [1.165, 1.54) is 6.92 Å². The fraction of sp³-hybridized carbons (Fsp3) is 0.380. The molecule has 0 fully saturated rings. The zero-order valence-corrected chi connectivity index (χ0v) is 37.4. The van der Waals surface area contributed by atoms with Crippen LogP contribution in [0.25, 0.3) is 0 Å². The van der Waals surface area contributed by atoms with Crippen molar-refractivity contribution in [3.63, 3.8) is 0 Å². The van der Waals surface area contributed by atoms with Crippen LogP contribution in [0, 0.1) is 0 Å². The van der Waals surface area contributed by atoms with E-state index in [1.807, 2.05) is 31.2 Å². The molecule has 0 aliphatic rings. The van der Waals surface area contributed by atoms with Crippen molar-refractivity contribution in [2.75, 3.05) is 6.61 Å². The van der Waals surface area contributed by atoms with Gasteiger partial charge in [-0.15, -0.1) is 0 Å². The maximum atomic E-state index is 13.8. The highest BCUT2D eigenvalue weighted by atomic mass is 16.6. The monoisotopic (exact) mass is 908 g/mol. The molecular formula is C50H60N4O12. The number of rotatable bonds is 27. The standard InChI is InChI=1S/C50H60N4O12/c1-3-4-5-18-30-44(55)52-43(48(59)64-33-39-24-14-8-15-25-39)35-66-49(60)53-41(45(56)51-36(2)46(57)62-31-37-20-10-6-11-21-37)28-19-29-42(47(58)63-32-38-22-12-7-13-23-38)54-50(61)65-34-40-26-16-9-17-27-40/h6-17,20-27,36,41-43H,3-5,18-19,28-35H2,1-2H3,(H,51,56)(H,52,55)(H,53,60)(H,54,61)/t36-,41-,42?,43?/m1/s1. The minimum atomic E-state index is -1.37. The van der Waals surface area contributed by atoms with Crippen LogP contribution in [-0.2, 0) is 74.1 Å². The fourth-order valence-corrected chi connectivity index (χ4v) is 6.33. The summed E-state index contributed by atoms with van der Waals surface area (Å²) in [7, 11) is 0. The second-order valence-electron chi connectivity index (χ2n) is 15.4. The van der Waals surface area contributed by atoms with Crippen LogP contribution in [0.2, 0.25) is 0 Å². The van der Waals surface area contributed by atoms with Gasteiger partial charge in [-0.1, -0.05) is 148 Å². The predicted octanol–water partition coefficient (Wildman–Crippen LogP) is 6.74. The van der Waals surface area contributed by atoms with Gasteiger partial charge in [0.2, 0.25) is 11.8 Å². The van der Waals surface area contributed by atoms with E-state index >= 15 is 0 Å². The Labute approximate surface area is 385 Å². The molecule has 4 rings (SSSR count). The third kappa shape index (κ3) is 20.1. The van der Waals surface area contributed by atoms with E-state index in [0.717, 1.165) is 30.4 Å². The number of esters is 3. The number of unbranched alkanes of at least 4 members (excludes halogenated alkanes) is 3. The van der Waals surface area contributed by atoms with Gasteiger partial charge in [0, 0.05) is 6.42 Å². The van der Waals surface area contributed by atoms with E-state index in [1.54, 1.807) is 97.1 Å². The average Bonchev–Trinajstić information content (AvgIpc) is 3.34. The van der Waals surface area contributed by atoms with E-state index in [2.05, 4.69) is 21.3 Å². The molecule has 0 aliphatic carbocycles. The lowest BCUT2D eigenvalue weighted by Crippen LogP contribution is -2.52. The molecule has 0 heterocycles. The Kier molecular flexibility index (Phi) is 22.8. The summed E-state index contributed by atoms with van der Waals surface area (Å²) < 4.78 is 27.1. The minimum absolute atomic E-state index is 0.0395. The second kappa shape index (κ2) is 29.3. The highest BCUT2D eigenvalue weighted by Gasteiger charge is 2.30. The van der Waals surface area contributed by atoms with Gasteiger partial charge >= 0.3 is 30.1 Å². The maximum Gasteiger partial charge on any atom is 0.408 e. The topological polar surface area (TPSA) is 214 Å². The van der Waals surface area contributed by atoms with Crippen LogP contribution < -0.4 is 21.3 Å². The minimum Gasteiger partial charge on any atom is -0.459 e. The number of alkyl carbamates (subject to hydrolysis) is 2. The van der Waals surface area contributed by atoms with Crippen LogP contribution in [0.4, 0.5) is 9.59 Å². The van der Waals surface area contributed by atoms with Crippen molar-refractivity contribution in [3.05, 3.63) is 144 Å². The fourth-order valence-electron chi connectivity index (χ4n) is 6.33. The lowest BCUT2D eigenvalue weighted by atomic mass is 10.0. The Morgan fingerprint density at radius 3 is 1.36 bits per heavy atom. The smallest absolute Gasteiger partial charge is 0.408 e. The van der Waals surface area contributed by atoms with E-state index < -0.39 is 72.7 Å². The first kappa shape index (κ1) is 51.4. The molecule has 0 saturated heterocycles. The summed E-state index contributed by atoms with van der Waals surface area (Å²) in [5.41, 5.74) is 2.87. The highest BCUT2D eigenvalue weighted by Crippen LogP contribution is 2.12. The van der Waals surface area contributed by atoms with Gasteiger partial charge in [-0.25, -0.2) is 24.0 Å². The van der Waals surface area contributed by atoms with Gasteiger partial charge in [-0.3, -0.25) is 9.59 Å². The predicted molar refractivity (Wildman–Crippen MR) is 243 cm³/mol. The Bertz CT molecular complexity index is 2110. The first-order valence-corrected chi connectivity index (χ1v) is 22.1. The number of carbonyl (C=O) groups is 7. The van der Waals surface area contributed by atoms with Gasteiger partial charge in [0.25, 0.3) is 0 Å². The first-order valence-electron chi connectivity index (χ1n) is 22.1. The van der Waals surface area contributed by atoms with Crippen molar-refractivity contribution in [1.29, 1.82) is 0 Å². The van der Waals surface area contributed by atoms with Crippen LogP contribution >= 0.6 is 0 Å². The van der Waals surface area contributed by atoms with Crippen molar-refractivity contribution >= 4 is 41.9 Å². The summed E-state index contributed by atoms with van der Waals surface area (Å²) in [5.74, 6) is -3.58. The number of hydrogen-bond donors (Lipinski definition) is 4. The van der Waals surface area contributed by atoms with Crippen molar-refractivity contribution in [1.82, 2.24) is 21.3 Å². The van der Waals surface area contributed by atoms with Gasteiger partial charge in [-0.05, 0) is 54.9 Å². The molecule has 4 aromatic rings. The lowest BCUT2D eigenvalue weighted by molar-refractivity contribution is -0.150. The van der Waals surface area contributed by atoms with Crippen molar-refractivity contribution < 1.29 is 57.2 Å². The Balaban J connectivity index is 1.45. The Morgan fingerprint density at radius 2 is 0.864 bits per heavy atom. The molecule has 66 heavy (non-hydrogen) atoms. The molecule has 352 valence electrons. The average molecular weight is 909 g/mol. The molecule has 16 nitrogen and oxygen atoms in total. The third-order valence-corrected chi connectivity index (χ3v) is 10.0. The second-order valence-corrected chi connectivity index (χ2v) is 15.4. The quantitative estimate of drug-likeness (QED) is 0.0278. The molecule has 16 heteroatoms. The van der Waals surface area contributed by atoms with E-state index in [0.29, 0.717) is 17.5 Å². The zero-order chi connectivity index (χ0) is 47.4. The van der Waals surface area contributed by atoms with Crippen molar-refractivity contribution in [3.8, 4) is 0 Å². The summed E-state index contributed by atoms with van der Waals surface area (Å²) in [6, 6.07) is 30.6. The zero-order valence-electron chi connectivity index (χ0n) is 37.4. The van der Waals surface area contributed by atoms with Crippen LogP contribution in [0.3, 0.4) is 0 Å². The number of amides is 4. The number of nitrogens with one attached hydrogen (secondary N) is 4. The summed E-state index contributed by atoms with van der Waals surface area (Å²) in [6.07, 6.45) is 1.30. The molecule has 0 radical (unpaired) electrons. The van der Waals surface area contributed by atoms with Crippen LogP contribution in [0.1, 0.15) is 87.5 Å². The molecule has 4 amide bonds. The molecule has 4 N–H and O–H groups in total. The molecular weight excluding hydrogens is 849 g/mol. The number of hydrogen-bond acceptors (Lipinski definition) is 12. The molecule has 0 aromatic heterocycles. The summed E-state index contributed by atoms with van der Waals surface area (Å²) in [5, 5.41) is 10.2. The largest absolute Gasteiger partial charge is 0.459 e. The molecule has 4 aromatic carbocycles. The molecule has 0 spiro atoms. The highest BCUT2D eigenvalue weighted by molar-refractivity contribution is 5.90. The molecule has 0 aliphatic heterocycles. The number of benzene rings is 4. The lowest BCUT2D eigenvalue weighted by Gasteiger charge is -2.23. The van der Waals surface area contributed by atoms with Gasteiger partial charge < -0.3 is 45.0 Å². The third-order valence-electron chi connectivity index (χ3n) is 10.0. The van der Waals surface area contributed by atoms with E-state index in [-0.39, 0.29) is 52.1 Å². The summed E-state index contributed by atoms with van der Waals surface area (Å²) in [4.78, 5) is 92.6. The van der Waals surface area contributed by atoms with Crippen molar-refractivity contribution in [2.24, 2.45) is 0 Å². The van der Waals surface area contributed by atoms with Crippen LogP contribution in [-0.4, -0.2) is 72.7 Å². The molecule has 0 bridgehead atoms. The van der Waals surface area contributed by atoms with Gasteiger partial charge in [0.1, 0.15) is 51.2 Å². The van der Waals surface area contributed by atoms with Crippen LogP contribution in [0.5, 0.6) is 0 Å². The van der Waals surface area contributed by atoms with Gasteiger partial charge in [0.15, 0.2) is 6.04 Å². The number of ether oxygens (including phenoxy) is 5. The maximum absolute atomic E-state index is 13.8. The van der Waals surface area contributed by atoms with Gasteiger partial charge in [0.05, 0.1) is 0 Å². The number of carbonyl (C=O) groups excluding carboxylic acids is 7. The van der Waals surface area contributed by atoms with Crippen molar-refractivity contribution in [2.45, 2.75) is 116 Å². The first-order chi connectivity index (χ1) is 32.0. The van der Waals surface area contributed by atoms with Crippen LogP contribution in [0.15, 0.2) is 121 Å². The van der Waals surface area contributed by atoms with E-state index in [9.17, 15) is 33.6 Å². The SMILES string of the molecule is CCCCCCC(=O)NC(COC(=O)N[C@H](CCCC(NC(=O)OCc1ccccc1)C(=O)OCc1ccccc1)C(=O)N[C@H](C)C(=O)OCc1ccccc1)C(=O)OCc1ccccc1. The molecule has 2 unspecified atom stereocenters. The molecule has 4 atom stereocenters. The summed E-state index contributed by atoms with van der Waals surface area (Å²) >= 11 is 0. The Morgan fingerprint density at radius 1 is 0.439 bits per heavy atom.